The first-order valence-corrected chi connectivity index (χ1v) is 8.51. The number of amides is 1. The van der Waals surface area contributed by atoms with Gasteiger partial charge in [-0.25, -0.2) is 4.79 Å². The summed E-state index contributed by atoms with van der Waals surface area (Å²) in [7, 11) is 0. The minimum atomic E-state index is -0.429. The van der Waals surface area contributed by atoms with E-state index in [9.17, 15) is 4.79 Å². The summed E-state index contributed by atoms with van der Waals surface area (Å²) in [5, 5.41) is 0. The van der Waals surface area contributed by atoms with Crippen LogP contribution in [0.25, 0.3) is 0 Å². The van der Waals surface area contributed by atoms with Gasteiger partial charge < -0.3 is 9.64 Å². The van der Waals surface area contributed by atoms with Crippen molar-refractivity contribution in [3.8, 4) is 0 Å². The Bertz CT molecular complexity index is 549. The van der Waals surface area contributed by atoms with Gasteiger partial charge in [0.05, 0.1) is 0 Å². The van der Waals surface area contributed by atoms with E-state index in [-0.39, 0.29) is 6.09 Å². The van der Waals surface area contributed by atoms with E-state index >= 15 is 0 Å². The first-order chi connectivity index (χ1) is 10.7. The summed E-state index contributed by atoms with van der Waals surface area (Å²) in [5.41, 5.74) is 3.59. The molecule has 0 N–H and O–H groups in total. The van der Waals surface area contributed by atoms with Crippen molar-refractivity contribution in [2.75, 3.05) is 26.2 Å². The smallest absolute Gasteiger partial charge is 0.410 e. The Labute approximate surface area is 140 Å². The lowest BCUT2D eigenvalue weighted by molar-refractivity contribution is 0.0257. The van der Waals surface area contributed by atoms with Crippen molar-refractivity contribution in [1.29, 1.82) is 0 Å². The maximum atomic E-state index is 12.2. The average molecular weight is 318 g/mol. The maximum absolute atomic E-state index is 12.2. The van der Waals surface area contributed by atoms with E-state index in [0.717, 1.165) is 39.1 Å². The minimum absolute atomic E-state index is 0.189. The highest BCUT2D eigenvalue weighted by atomic mass is 16.6. The van der Waals surface area contributed by atoms with E-state index in [1.54, 1.807) is 0 Å². The molecular formula is C19H30N2O2. The molecule has 4 heteroatoms. The van der Waals surface area contributed by atoms with Crippen molar-refractivity contribution in [3.63, 3.8) is 0 Å². The van der Waals surface area contributed by atoms with Gasteiger partial charge in [-0.15, -0.1) is 0 Å². The lowest BCUT2D eigenvalue weighted by Crippen LogP contribution is -2.39. The molecule has 0 saturated carbocycles. The van der Waals surface area contributed by atoms with Gasteiger partial charge in [0.15, 0.2) is 0 Å². The fraction of sp³-hybridized carbons (Fsp3) is 0.632. The Morgan fingerprint density at radius 3 is 2.57 bits per heavy atom. The van der Waals surface area contributed by atoms with Crippen LogP contribution in [0.15, 0.2) is 18.2 Å². The lowest BCUT2D eigenvalue weighted by atomic mass is 10.1. The number of nitrogens with zero attached hydrogens (tertiary/aromatic N) is 2. The van der Waals surface area contributed by atoms with E-state index in [1.165, 1.54) is 16.7 Å². The molecule has 0 spiro atoms. The first kappa shape index (κ1) is 17.8. The molecule has 0 atom stereocenters. The third kappa shape index (κ3) is 5.54. The van der Waals surface area contributed by atoms with Crippen LogP contribution in [-0.4, -0.2) is 47.7 Å². The fourth-order valence-electron chi connectivity index (χ4n) is 2.85. The molecule has 0 radical (unpaired) electrons. The van der Waals surface area contributed by atoms with Crippen molar-refractivity contribution in [2.45, 2.75) is 53.2 Å². The van der Waals surface area contributed by atoms with Crippen LogP contribution in [-0.2, 0) is 11.3 Å². The van der Waals surface area contributed by atoms with Crippen molar-refractivity contribution in [2.24, 2.45) is 0 Å². The zero-order chi connectivity index (χ0) is 17.0. The Hall–Kier alpha value is -1.55. The van der Waals surface area contributed by atoms with E-state index in [1.807, 2.05) is 25.7 Å². The number of hydrogen-bond donors (Lipinski definition) is 0. The second kappa shape index (κ2) is 7.35. The highest BCUT2D eigenvalue weighted by Gasteiger charge is 2.24. The van der Waals surface area contributed by atoms with E-state index < -0.39 is 5.60 Å². The summed E-state index contributed by atoms with van der Waals surface area (Å²) in [4.78, 5) is 16.5. The molecule has 4 nitrogen and oxygen atoms in total. The maximum Gasteiger partial charge on any atom is 0.410 e. The summed E-state index contributed by atoms with van der Waals surface area (Å²) in [6, 6.07) is 6.62. The fourth-order valence-corrected chi connectivity index (χ4v) is 2.85. The number of hydrogen-bond acceptors (Lipinski definition) is 3. The van der Waals surface area contributed by atoms with Gasteiger partial charge in [-0.3, -0.25) is 4.90 Å². The molecule has 0 bridgehead atoms. The molecule has 1 amide bonds. The Kier molecular flexibility index (Phi) is 5.69. The van der Waals surface area contributed by atoms with Crippen LogP contribution in [0.5, 0.6) is 0 Å². The van der Waals surface area contributed by atoms with Crippen LogP contribution >= 0.6 is 0 Å². The van der Waals surface area contributed by atoms with E-state index in [4.69, 9.17) is 4.74 Å². The number of carbonyl (C=O) groups excluding carboxylic acids is 1. The van der Waals surface area contributed by atoms with E-state index in [0.29, 0.717) is 0 Å². The standard InChI is InChI=1S/C19H30N2O2/c1-15-7-8-16(2)17(13-15)14-20-9-6-10-21(12-11-20)18(22)23-19(3,4)5/h7-8,13H,6,9-12,14H2,1-5H3. The van der Waals surface area contributed by atoms with Gasteiger partial charge in [0.2, 0.25) is 0 Å². The molecule has 1 aromatic rings. The molecule has 0 unspecified atom stereocenters. The molecular weight excluding hydrogens is 288 g/mol. The zero-order valence-corrected chi connectivity index (χ0v) is 15.2. The van der Waals surface area contributed by atoms with Crippen LogP contribution in [0, 0.1) is 13.8 Å². The molecule has 0 aliphatic carbocycles. The molecule has 1 aliphatic rings. The summed E-state index contributed by atoms with van der Waals surface area (Å²) in [5.74, 6) is 0. The van der Waals surface area contributed by atoms with Gasteiger partial charge in [-0.1, -0.05) is 23.8 Å². The molecule has 128 valence electrons. The highest BCUT2D eigenvalue weighted by molar-refractivity contribution is 5.68. The topological polar surface area (TPSA) is 32.8 Å². The largest absolute Gasteiger partial charge is 0.444 e. The predicted molar refractivity (Wildman–Crippen MR) is 93.6 cm³/mol. The quantitative estimate of drug-likeness (QED) is 0.832. The van der Waals surface area contributed by atoms with Crippen LogP contribution in [0.2, 0.25) is 0 Å². The van der Waals surface area contributed by atoms with Crippen LogP contribution < -0.4 is 0 Å². The zero-order valence-electron chi connectivity index (χ0n) is 15.2. The van der Waals surface area contributed by atoms with Gasteiger partial charge in [0.1, 0.15) is 5.60 Å². The van der Waals surface area contributed by atoms with Crippen LogP contribution in [0.1, 0.15) is 43.9 Å². The number of ether oxygens (including phenoxy) is 1. The van der Waals surface area contributed by atoms with Crippen molar-refractivity contribution in [1.82, 2.24) is 9.80 Å². The summed E-state index contributed by atoms with van der Waals surface area (Å²) in [6.07, 6.45) is 0.801. The van der Waals surface area contributed by atoms with Gasteiger partial charge in [-0.05, 0) is 52.2 Å². The Balaban J connectivity index is 1.93. The minimum Gasteiger partial charge on any atom is -0.444 e. The molecule has 1 saturated heterocycles. The van der Waals surface area contributed by atoms with Gasteiger partial charge >= 0.3 is 6.09 Å². The van der Waals surface area contributed by atoms with Crippen LogP contribution in [0.4, 0.5) is 4.79 Å². The molecule has 1 heterocycles. The van der Waals surface area contributed by atoms with Gasteiger partial charge in [-0.2, -0.15) is 0 Å². The molecule has 1 fully saturated rings. The third-order valence-electron chi connectivity index (χ3n) is 4.14. The molecule has 1 aromatic carbocycles. The number of rotatable bonds is 2. The first-order valence-electron chi connectivity index (χ1n) is 8.51. The van der Waals surface area contributed by atoms with Crippen molar-refractivity contribution >= 4 is 6.09 Å². The summed E-state index contributed by atoms with van der Waals surface area (Å²) >= 11 is 0. The van der Waals surface area contributed by atoms with Crippen LogP contribution in [0.3, 0.4) is 0 Å². The van der Waals surface area contributed by atoms with Gasteiger partial charge in [0.25, 0.3) is 0 Å². The SMILES string of the molecule is Cc1ccc(C)c(CN2CCCN(C(=O)OC(C)(C)C)CC2)c1. The highest BCUT2D eigenvalue weighted by Crippen LogP contribution is 2.16. The summed E-state index contributed by atoms with van der Waals surface area (Å²) < 4.78 is 5.49. The second-order valence-electron chi connectivity index (χ2n) is 7.53. The molecule has 2 rings (SSSR count). The number of aryl methyl sites for hydroxylation is 2. The number of carbonyl (C=O) groups is 1. The Morgan fingerprint density at radius 1 is 1.13 bits per heavy atom. The molecule has 23 heavy (non-hydrogen) atoms. The molecule has 0 aromatic heterocycles. The number of benzene rings is 1. The normalized spacial score (nSPS) is 17.0. The lowest BCUT2D eigenvalue weighted by Gasteiger charge is -2.26. The predicted octanol–water partition coefficient (Wildman–Crippen LogP) is 3.75. The average Bonchev–Trinajstić information content (AvgIpc) is 2.67. The van der Waals surface area contributed by atoms with Crippen molar-refractivity contribution in [3.05, 3.63) is 34.9 Å². The molecule has 1 aliphatic heterocycles. The third-order valence-corrected chi connectivity index (χ3v) is 4.14. The summed E-state index contributed by atoms with van der Waals surface area (Å²) in [6.45, 7) is 14.4. The van der Waals surface area contributed by atoms with E-state index in [2.05, 4.69) is 36.9 Å². The van der Waals surface area contributed by atoms with Crippen molar-refractivity contribution < 1.29 is 9.53 Å². The van der Waals surface area contributed by atoms with Gasteiger partial charge in [0, 0.05) is 32.7 Å². The monoisotopic (exact) mass is 318 g/mol. The Morgan fingerprint density at radius 2 is 1.87 bits per heavy atom. The second-order valence-corrected chi connectivity index (χ2v) is 7.53.